The van der Waals surface area contributed by atoms with Crippen molar-refractivity contribution in [2.24, 2.45) is 0 Å². The van der Waals surface area contributed by atoms with E-state index in [9.17, 15) is 27.2 Å². The number of nitrogens with zero attached hydrogens (tertiary/aromatic N) is 5. The summed E-state index contributed by atoms with van der Waals surface area (Å²) in [5.74, 6) is -3.75. The predicted molar refractivity (Wildman–Crippen MR) is 117 cm³/mol. The molecule has 188 valence electrons. The van der Waals surface area contributed by atoms with Gasteiger partial charge < -0.3 is 19.9 Å². The Labute approximate surface area is 198 Å². The monoisotopic (exact) mass is 496 g/mol. The van der Waals surface area contributed by atoms with Gasteiger partial charge in [-0.05, 0) is 20.8 Å². The minimum absolute atomic E-state index is 0.112. The van der Waals surface area contributed by atoms with E-state index >= 15 is 0 Å². The number of halogens is 4. The maximum absolute atomic E-state index is 14.6. The third-order valence-corrected chi connectivity index (χ3v) is 5.55. The summed E-state index contributed by atoms with van der Waals surface area (Å²) in [5.41, 5.74) is -1.31. The van der Waals surface area contributed by atoms with Crippen LogP contribution in [0.5, 0.6) is 0 Å². The number of nitrogens with one attached hydrogen (secondary N) is 1. The Morgan fingerprint density at radius 1 is 1.11 bits per heavy atom. The first-order chi connectivity index (χ1) is 16.3. The summed E-state index contributed by atoms with van der Waals surface area (Å²) in [4.78, 5) is 39.5. The molecule has 35 heavy (non-hydrogen) atoms. The van der Waals surface area contributed by atoms with Crippen LogP contribution in [0.25, 0.3) is 11.4 Å². The van der Waals surface area contributed by atoms with Gasteiger partial charge in [0.15, 0.2) is 0 Å². The van der Waals surface area contributed by atoms with Gasteiger partial charge >= 0.3 is 12.3 Å². The van der Waals surface area contributed by atoms with Gasteiger partial charge in [-0.3, -0.25) is 4.79 Å². The van der Waals surface area contributed by atoms with Crippen LogP contribution >= 0.6 is 0 Å². The number of alkyl halides is 3. The first-order valence-corrected chi connectivity index (χ1v) is 10.9. The summed E-state index contributed by atoms with van der Waals surface area (Å²) in [7, 11) is 0. The minimum Gasteiger partial charge on any atom is -0.444 e. The lowest BCUT2D eigenvalue weighted by molar-refractivity contribution is -0.156. The molecule has 2 aromatic rings. The molecule has 2 aliphatic rings. The Balaban J connectivity index is 1.62. The quantitative estimate of drug-likeness (QED) is 0.633. The number of pyridine rings is 1. The van der Waals surface area contributed by atoms with Gasteiger partial charge in [-0.2, -0.15) is 13.2 Å². The molecule has 13 heteroatoms. The zero-order chi connectivity index (χ0) is 25.5. The van der Waals surface area contributed by atoms with Gasteiger partial charge in [0.05, 0.1) is 17.3 Å². The number of carbonyl (C=O) groups excluding carboxylic acids is 2. The standard InChI is InChI=1S/C22H24F4N6O3/c1-21(2,3)35-20(34)32-6-4-31(5-7-32)15-9-12(23)8-14(29-15)18-17-13(22(24,25)26)10-16(33)30-19(17)28-11-27-18/h8-9,11,13H,4-7,10H2,1-3H3,(H,27,28,30,33). The van der Waals surface area contributed by atoms with Crippen LogP contribution in [0.3, 0.4) is 0 Å². The molecule has 0 aliphatic carbocycles. The van der Waals surface area contributed by atoms with Crippen LogP contribution < -0.4 is 10.2 Å². The van der Waals surface area contributed by atoms with E-state index in [1.54, 1.807) is 25.7 Å². The van der Waals surface area contributed by atoms with Crippen molar-refractivity contribution in [2.75, 3.05) is 36.4 Å². The zero-order valence-electron chi connectivity index (χ0n) is 19.3. The van der Waals surface area contributed by atoms with Crippen molar-refractivity contribution < 1.29 is 31.9 Å². The normalized spacial score (nSPS) is 18.7. The van der Waals surface area contributed by atoms with Crippen LogP contribution in [0.4, 0.5) is 34.0 Å². The SMILES string of the molecule is CC(C)(C)OC(=O)N1CCN(c2cc(F)cc(-c3ncnc4c3C(C(F)(F)F)CC(=O)N4)n2)CC1. The fourth-order valence-corrected chi connectivity index (χ4v) is 3.99. The molecule has 4 rings (SSSR count). The van der Waals surface area contributed by atoms with Crippen LogP contribution in [0.1, 0.15) is 38.7 Å². The number of carbonyl (C=O) groups is 2. The number of anilines is 2. The van der Waals surface area contributed by atoms with Crippen molar-refractivity contribution in [3.8, 4) is 11.4 Å². The van der Waals surface area contributed by atoms with Crippen LogP contribution in [0, 0.1) is 5.82 Å². The molecule has 0 aromatic carbocycles. The fraction of sp³-hybridized carbons (Fsp3) is 0.500. The van der Waals surface area contributed by atoms with Gasteiger partial charge in [-0.1, -0.05) is 0 Å². The third-order valence-electron chi connectivity index (χ3n) is 5.55. The number of ether oxygens (including phenoxy) is 1. The van der Waals surface area contributed by atoms with E-state index in [1.807, 2.05) is 0 Å². The summed E-state index contributed by atoms with van der Waals surface area (Å²) < 4.78 is 61.3. The molecule has 1 unspecified atom stereocenters. The topological polar surface area (TPSA) is 101 Å². The van der Waals surface area contributed by atoms with Crippen LogP contribution in [0.15, 0.2) is 18.5 Å². The zero-order valence-corrected chi connectivity index (χ0v) is 19.3. The van der Waals surface area contributed by atoms with E-state index in [1.165, 1.54) is 11.0 Å². The average molecular weight is 496 g/mol. The highest BCUT2D eigenvalue weighted by atomic mass is 19.4. The van der Waals surface area contributed by atoms with E-state index in [4.69, 9.17) is 4.74 Å². The number of fused-ring (bicyclic) bond motifs is 1. The molecule has 1 saturated heterocycles. The average Bonchev–Trinajstić information content (AvgIpc) is 2.76. The first kappa shape index (κ1) is 24.6. The number of aromatic nitrogens is 3. The van der Waals surface area contributed by atoms with E-state index in [0.717, 1.165) is 12.4 Å². The van der Waals surface area contributed by atoms with E-state index < -0.39 is 41.9 Å². The van der Waals surface area contributed by atoms with Crippen molar-refractivity contribution in [1.82, 2.24) is 19.9 Å². The summed E-state index contributed by atoms with van der Waals surface area (Å²) >= 11 is 0. The van der Waals surface area contributed by atoms with Gasteiger partial charge in [0.1, 0.15) is 29.4 Å². The Bertz CT molecular complexity index is 1140. The minimum atomic E-state index is -4.74. The van der Waals surface area contributed by atoms with Crippen LogP contribution in [-0.2, 0) is 9.53 Å². The number of amides is 2. The van der Waals surface area contributed by atoms with Gasteiger partial charge in [0, 0.05) is 50.3 Å². The molecule has 2 aromatic heterocycles. The van der Waals surface area contributed by atoms with E-state index in [2.05, 4.69) is 20.3 Å². The van der Waals surface area contributed by atoms with Crippen LogP contribution in [-0.4, -0.2) is 69.8 Å². The molecular weight excluding hydrogens is 472 g/mol. The number of hydrogen-bond acceptors (Lipinski definition) is 7. The molecule has 1 fully saturated rings. The smallest absolute Gasteiger partial charge is 0.410 e. The molecule has 0 saturated carbocycles. The summed E-state index contributed by atoms with van der Waals surface area (Å²) in [6, 6.07) is 2.16. The summed E-state index contributed by atoms with van der Waals surface area (Å²) in [6.45, 7) is 6.53. The van der Waals surface area contributed by atoms with Gasteiger partial charge in [-0.15, -0.1) is 0 Å². The van der Waals surface area contributed by atoms with Crippen molar-refractivity contribution >= 4 is 23.6 Å². The molecule has 4 heterocycles. The molecule has 9 nitrogen and oxygen atoms in total. The highest BCUT2D eigenvalue weighted by molar-refractivity contribution is 5.95. The van der Waals surface area contributed by atoms with E-state index in [0.29, 0.717) is 26.2 Å². The second-order valence-electron chi connectivity index (χ2n) is 9.31. The highest BCUT2D eigenvalue weighted by Crippen LogP contribution is 2.45. The molecule has 1 atom stereocenters. The largest absolute Gasteiger partial charge is 0.444 e. The maximum atomic E-state index is 14.6. The molecule has 1 N–H and O–H groups in total. The Morgan fingerprint density at radius 3 is 2.43 bits per heavy atom. The third kappa shape index (κ3) is 5.43. The predicted octanol–water partition coefficient (Wildman–Crippen LogP) is 3.72. The lowest BCUT2D eigenvalue weighted by Gasteiger charge is -2.36. The highest BCUT2D eigenvalue weighted by Gasteiger charge is 2.47. The van der Waals surface area contributed by atoms with Crippen molar-refractivity contribution in [2.45, 2.75) is 44.9 Å². The lowest BCUT2D eigenvalue weighted by atomic mass is 9.89. The van der Waals surface area contributed by atoms with Crippen molar-refractivity contribution in [3.63, 3.8) is 0 Å². The number of rotatable bonds is 2. The molecule has 0 bridgehead atoms. The molecular formula is C22H24F4N6O3. The second kappa shape index (κ2) is 8.93. The van der Waals surface area contributed by atoms with Gasteiger partial charge in [0.2, 0.25) is 5.91 Å². The molecule has 2 aliphatic heterocycles. The van der Waals surface area contributed by atoms with Gasteiger partial charge in [0.25, 0.3) is 0 Å². The maximum Gasteiger partial charge on any atom is 0.410 e. The molecule has 2 amide bonds. The number of hydrogen-bond donors (Lipinski definition) is 1. The molecule has 0 spiro atoms. The Hall–Kier alpha value is -3.51. The Morgan fingerprint density at radius 2 is 1.80 bits per heavy atom. The Kier molecular flexibility index (Phi) is 6.28. The fourth-order valence-electron chi connectivity index (χ4n) is 3.99. The molecule has 0 radical (unpaired) electrons. The van der Waals surface area contributed by atoms with Gasteiger partial charge in [-0.25, -0.2) is 24.1 Å². The van der Waals surface area contributed by atoms with E-state index in [-0.39, 0.29) is 28.6 Å². The number of piperazine rings is 1. The van der Waals surface area contributed by atoms with Crippen LogP contribution in [0.2, 0.25) is 0 Å². The second-order valence-corrected chi connectivity index (χ2v) is 9.31. The summed E-state index contributed by atoms with van der Waals surface area (Å²) in [6.07, 6.45) is -5.02. The first-order valence-electron chi connectivity index (χ1n) is 10.9. The van der Waals surface area contributed by atoms with Crippen molar-refractivity contribution in [1.29, 1.82) is 0 Å². The summed E-state index contributed by atoms with van der Waals surface area (Å²) in [5, 5.41) is 2.32. The lowest BCUT2D eigenvalue weighted by Crippen LogP contribution is -2.50. The van der Waals surface area contributed by atoms with Crippen molar-refractivity contribution in [3.05, 3.63) is 29.8 Å².